The Kier molecular flexibility index (Phi) is 4.98. The molecule has 0 saturated carbocycles. The lowest BCUT2D eigenvalue weighted by Crippen LogP contribution is -2.39. The summed E-state index contributed by atoms with van der Waals surface area (Å²) >= 11 is 2.10. The fraction of sp³-hybridized carbons (Fsp3) is 1.00. The Hall–Kier alpha value is 0.270. The molecule has 2 aliphatic rings. The second-order valence-electron chi connectivity index (χ2n) is 5.42. The van der Waals surface area contributed by atoms with Crippen LogP contribution >= 0.6 is 11.8 Å². The highest BCUT2D eigenvalue weighted by Crippen LogP contribution is 2.26. The molecule has 2 fully saturated rings. The Morgan fingerprint density at radius 2 is 2.00 bits per heavy atom. The second-order valence-corrected chi connectivity index (χ2v) is 6.65. The molecule has 0 aromatic carbocycles. The normalized spacial score (nSPS) is 32.4. The van der Waals surface area contributed by atoms with Gasteiger partial charge >= 0.3 is 0 Å². The minimum Gasteiger partial charge on any atom is -0.378 e. The van der Waals surface area contributed by atoms with Crippen molar-refractivity contribution in [1.82, 2.24) is 5.32 Å². The van der Waals surface area contributed by atoms with Crippen molar-refractivity contribution in [2.75, 3.05) is 24.7 Å². The van der Waals surface area contributed by atoms with E-state index in [-0.39, 0.29) is 0 Å². The molecule has 2 aliphatic heterocycles. The highest BCUT2D eigenvalue weighted by Gasteiger charge is 2.30. The Bertz CT molecular complexity index is 204. The van der Waals surface area contributed by atoms with Crippen molar-refractivity contribution in [2.24, 2.45) is 11.8 Å². The molecule has 0 spiro atoms. The van der Waals surface area contributed by atoms with Crippen molar-refractivity contribution in [3.05, 3.63) is 0 Å². The smallest absolute Gasteiger partial charge is 0.0639 e. The van der Waals surface area contributed by atoms with Crippen LogP contribution in [0.25, 0.3) is 0 Å². The summed E-state index contributed by atoms with van der Waals surface area (Å²) < 4.78 is 5.82. The molecule has 2 saturated heterocycles. The lowest BCUT2D eigenvalue weighted by atomic mass is 9.92. The van der Waals surface area contributed by atoms with Gasteiger partial charge in [0.15, 0.2) is 0 Å². The van der Waals surface area contributed by atoms with E-state index in [0.717, 1.165) is 25.1 Å². The van der Waals surface area contributed by atoms with Gasteiger partial charge in [0.1, 0.15) is 0 Å². The summed E-state index contributed by atoms with van der Waals surface area (Å²) in [6.45, 7) is 6.69. The first-order valence-corrected chi connectivity index (χ1v) is 7.85. The molecular weight excluding hydrogens is 218 g/mol. The van der Waals surface area contributed by atoms with Crippen molar-refractivity contribution < 1.29 is 4.74 Å². The van der Waals surface area contributed by atoms with Crippen LogP contribution in [0.1, 0.15) is 33.1 Å². The summed E-state index contributed by atoms with van der Waals surface area (Å²) in [4.78, 5) is 0. The van der Waals surface area contributed by atoms with E-state index in [2.05, 4.69) is 30.9 Å². The highest BCUT2D eigenvalue weighted by atomic mass is 32.2. The van der Waals surface area contributed by atoms with Gasteiger partial charge < -0.3 is 10.1 Å². The topological polar surface area (TPSA) is 21.3 Å². The van der Waals surface area contributed by atoms with Crippen LogP contribution in [0.15, 0.2) is 0 Å². The molecule has 0 bridgehead atoms. The van der Waals surface area contributed by atoms with E-state index >= 15 is 0 Å². The number of thioether (sulfide) groups is 1. The van der Waals surface area contributed by atoms with Gasteiger partial charge in [0, 0.05) is 19.2 Å². The zero-order valence-electron chi connectivity index (χ0n) is 10.6. The van der Waals surface area contributed by atoms with E-state index in [9.17, 15) is 0 Å². The Balaban J connectivity index is 1.71. The molecule has 2 rings (SSSR count). The zero-order chi connectivity index (χ0) is 11.4. The summed E-state index contributed by atoms with van der Waals surface area (Å²) in [5, 5.41) is 3.76. The third-order valence-corrected chi connectivity index (χ3v) is 4.86. The summed E-state index contributed by atoms with van der Waals surface area (Å²) in [6.07, 6.45) is 4.44. The predicted octanol–water partition coefficient (Wildman–Crippen LogP) is 2.53. The lowest BCUT2D eigenvalue weighted by molar-refractivity contribution is 0.0533. The van der Waals surface area contributed by atoms with E-state index in [1.54, 1.807) is 0 Å². The molecule has 0 aliphatic carbocycles. The quantitative estimate of drug-likeness (QED) is 0.820. The fourth-order valence-electron chi connectivity index (χ4n) is 2.83. The van der Waals surface area contributed by atoms with Crippen molar-refractivity contribution >= 4 is 11.8 Å². The van der Waals surface area contributed by atoms with Gasteiger partial charge in [-0.15, -0.1) is 0 Å². The Morgan fingerprint density at radius 3 is 2.69 bits per heavy atom. The van der Waals surface area contributed by atoms with Crippen LogP contribution < -0.4 is 5.32 Å². The Morgan fingerprint density at radius 1 is 1.25 bits per heavy atom. The lowest BCUT2D eigenvalue weighted by Gasteiger charge is -2.27. The standard InChI is InChI=1S/C13H25NOS/c1-10(2)13-11(3-6-15-13)9-14-12-4-7-16-8-5-12/h10-14H,3-9H2,1-2H3. The molecule has 3 heteroatoms. The van der Waals surface area contributed by atoms with Gasteiger partial charge in [-0.25, -0.2) is 0 Å². The van der Waals surface area contributed by atoms with Gasteiger partial charge in [-0.3, -0.25) is 0 Å². The van der Waals surface area contributed by atoms with Gasteiger partial charge in [0.2, 0.25) is 0 Å². The van der Waals surface area contributed by atoms with Gasteiger partial charge in [-0.05, 0) is 42.6 Å². The molecule has 2 atom stereocenters. The number of hydrogen-bond donors (Lipinski definition) is 1. The van der Waals surface area contributed by atoms with Crippen LogP contribution in [0.2, 0.25) is 0 Å². The van der Waals surface area contributed by atoms with Crippen LogP contribution in [0.5, 0.6) is 0 Å². The molecule has 0 radical (unpaired) electrons. The van der Waals surface area contributed by atoms with Crippen LogP contribution in [-0.2, 0) is 4.74 Å². The third kappa shape index (κ3) is 3.38. The monoisotopic (exact) mass is 243 g/mol. The maximum Gasteiger partial charge on any atom is 0.0639 e. The highest BCUT2D eigenvalue weighted by molar-refractivity contribution is 7.99. The average molecular weight is 243 g/mol. The van der Waals surface area contributed by atoms with Gasteiger partial charge in [0.05, 0.1) is 6.10 Å². The first kappa shape index (κ1) is 12.7. The molecule has 1 N–H and O–H groups in total. The van der Waals surface area contributed by atoms with Gasteiger partial charge in [-0.1, -0.05) is 13.8 Å². The first-order valence-electron chi connectivity index (χ1n) is 6.70. The van der Waals surface area contributed by atoms with E-state index in [4.69, 9.17) is 4.74 Å². The molecule has 0 aromatic rings. The molecular formula is C13H25NOS. The minimum atomic E-state index is 0.491. The number of nitrogens with one attached hydrogen (secondary N) is 1. The van der Waals surface area contributed by atoms with Crippen LogP contribution in [0.3, 0.4) is 0 Å². The predicted molar refractivity (Wildman–Crippen MR) is 71.0 cm³/mol. The van der Waals surface area contributed by atoms with Crippen LogP contribution in [0.4, 0.5) is 0 Å². The summed E-state index contributed by atoms with van der Waals surface area (Å²) in [5.74, 6) is 4.09. The summed E-state index contributed by atoms with van der Waals surface area (Å²) in [6, 6.07) is 0.773. The average Bonchev–Trinajstić information content (AvgIpc) is 2.76. The van der Waals surface area contributed by atoms with Crippen LogP contribution in [-0.4, -0.2) is 36.8 Å². The van der Waals surface area contributed by atoms with Crippen molar-refractivity contribution in [1.29, 1.82) is 0 Å². The number of hydrogen-bond acceptors (Lipinski definition) is 3. The molecule has 2 heterocycles. The zero-order valence-corrected chi connectivity index (χ0v) is 11.4. The van der Waals surface area contributed by atoms with Gasteiger partial charge in [-0.2, -0.15) is 11.8 Å². The Labute approximate surface area is 104 Å². The number of rotatable bonds is 4. The third-order valence-electron chi connectivity index (χ3n) is 3.81. The number of ether oxygens (including phenoxy) is 1. The maximum atomic E-state index is 5.82. The second kappa shape index (κ2) is 6.27. The minimum absolute atomic E-state index is 0.491. The van der Waals surface area contributed by atoms with Gasteiger partial charge in [0.25, 0.3) is 0 Å². The van der Waals surface area contributed by atoms with E-state index in [1.807, 2.05) is 0 Å². The molecule has 2 nitrogen and oxygen atoms in total. The fourth-order valence-corrected chi connectivity index (χ4v) is 3.94. The summed E-state index contributed by atoms with van der Waals surface area (Å²) in [7, 11) is 0. The molecule has 0 amide bonds. The van der Waals surface area contributed by atoms with E-state index < -0.39 is 0 Å². The summed E-state index contributed by atoms with van der Waals surface area (Å²) in [5.41, 5.74) is 0. The van der Waals surface area contributed by atoms with Crippen molar-refractivity contribution in [3.8, 4) is 0 Å². The largest absolute Gasteiger partial charge is 0.378 e. The molecule has 2 unspecified atom stereocenters. The molecule has 94 valence electrons. The van der Waals surface area contributed by atoms with E-state index in [0.29, 0.717) is 12.0 Å². The van der Waals surface area contributed by atoms with E-state index in [1.165, 1.54) is 30.8 Å². The van der Waals surface area contributed by atoms with Crippen molar-refractivity contribution in [3.63, 3.8) is 0 Å². The first-order chi connectivity index (χ1) is 7.77. The molecule has 16 heavy (non-hydrogen) atoms. The van der Waals surface area contributed by atoms with Crippen molar-refractivity contribution in [2.45, 2.75) is 45.3 Å². The SMILES string of the molecule is CC(C)C1OCCC1CNC1CCSCC1. The maximum absolute atomic E-state index is 5.82. The molecule has 0 aromatic heterocycles. The van der Waals surface area contributed by atoms with Crippen LogP contribution in [0, 0.1) is 11.8 Å².